The summed E-state index contributed by atoms with van der Waals surface area (Å²) in [7, 11) is 0. The van der Waals surface area contributed by atoms with E-state index in [9.17, 15) is 32.3 Å². The van der Waals surface area contributed by atoms with E-state index in [2.05, 4.69) is 0 Å². The van der Waals surface area contributed by atoms with Crippen LogP contribution < -0.4 is 5.73 Å². The fourth-order valence-electron chi connectivity index (χ4n) is 3.32. The molecule has 0 aliphatic carbocycles. The third-order valence-electron chi connectivity index (χ3n) is 5.07. The number of anilines is 1. The lowest BCUT2D eigenvalue weighted by molar-refractivity contribution is 0.202. The second-order valence-corrected chi connectivity index (χ2v) is 8.10. The highest BCUT2D eigenvalue weighted by molar-refractivity contribution is 8.14. The van der Waals surface area contributed by atoms with Crippen LogP contribution in [0.2, 0.25) is 0 Å². The summed E-state index contributed by atoms with van der Waals surface area (Å²) in [5.41, 5.74) is 5.09. The van der Waals surface area contributed by atoms with E-state index < -0.39 is 46.7 Å². The third-order valence-corrected chi connectivity index (χ3v) is 6.12. The van der Waals surface area contributed by atoms with Crippen LogP contribution in [0, 0.1) is 52.8 Å². The topological polar surface area (TPSA) is 93.9 Å². The zero-order valence-corrected chi connectivity index (χ0v) is 17.8. The van der Waals surface area contributed by atoms with Gasteiger partial charge in [0.15, 0.2) is 23.3 Å². The SMILES string of the molecule is Cc1c(C(C#N)C(=N)Sc2ccccc2N)cccc1C(O)c1c(F)c(F)c(F)c(F)c1F. The number of nitrogens with one attached hydrogen (secondary N) is 1. The quantitative estimate of drug-likeness (QED) is 0.0832. The predicted molar refractivity (Wildman–Crippen MR) is 114 cm³/mol. The molecule has 0 aromatic heterocycles. The van der Waals surface area contributed by atoms with Crippen LogP contribution in [0.15, 0.2) is 47.4 Å². The minimum atomic E-state index is -2.33. The van der Waals surface area contributed by atoms with Gasteiger partial charge in [-0.05, 0) is 35.7 Å². The number of aliphatic hydroxyl groups is 1. The molecule has 0 aliphatic heterocycles. The predicted octanol–water partition coefficient (Wildman–Crippen LogP) is 5.73. The summed E-state index contributed by atoms with van der Waals surface area (Å²) in [6.45, 7) is 1.42. The Bertz CT molecular complexity index is 1260. The molecule has 0 heterocycles. The molecule has 3 rings (SSSR count). The highest BCUT2D eigenvalue weighted by Gasteiger charge is 2.32. The van der Waals surface area contributed by atoms with Gasteiger partial charge in [-0.2, -0.15) is 5.26 Å². The third kappa shape index (κ3) is 4.42. The number of nitriles is 1. The number of para-hydroxylation sites is 1. The highest BCUT2D eigenvalue weighted by Crippen LogP contribution is 2.37. The van der Waals surface area contributed by atoms with Crippen molar-refractivity contribution in [2.75, 3.05) is 5.73 Å². The van der Waals surface area contributed by atoms with E-state index in [1.807, 2.05) is 6.07 Å². The number of nitrogen functional groups attached to an aromatic ring is 1. The lowest BCUT2D eigenvalue weighted by Crippen LogP contribution is -2.15. The van der Waals surface area contributed by atoms with Crippen molar-refractivity contribution in [1.82, 2.24) is 0 Å². The van der Waals surface area contributed by atoms with Crippen molar-refractivity contribution >= 4 is 22.5 Å². The molecule has 0 saturated heterocycles. The molecule has 10 heteroatoms. The van der Waals surface area contributed by atoms with Gasteiger partial charge in [0.1, 0.15) is 12.0 Å². The van der Waals surface area contributed by atoms with Crippen LogP contribution in [0.5, 0.6) is 0 Å². The van der Waals surface area contributed by atoms with Crippen molar-refractivity contribution < 1.29 is 27.1 Å². The molecule has 2 unspecified atom stereocenters. The van der Waals surface area contributed by atoms with E-state index in [-0.39, 0.29) is 21.7 Å². The molecule has 0 radical (unpaired) electrons. The zero-order chi connectivity index (χ0) is 24.4. The first-order valence-electron chi connectivity index (χ1n) is 9.39. The molecular formula is C23H16F5N3OS. The Morgan fingerprint density at radius 2 is 1.48 bits per heavy atom. The molecule has 0 spiro atoms. The molecule has 3 aromatic rings. The van der Waals surface area contributed by atoms with Crippen LogP contribution >= 0.6 is 11.8 Å². The lowest BCUT2D eigenvalue weighted by Gasteiger charge is -2.21. The Kier molecular flexibility index (Phi) is 7.05. The molecule has 0 saturated carbocycles. The maximum absolute atomic E-state index is 14.2. The number of hydrogen-bond donors (Lipinski definition) is 3. The van der Waals surface area contributed by atoms with E-state index >= 15 is 0 Å². The van der Waals surface area contributed by atoms with E-state index in [0.29, 0.717) is 10.6 Å². The summed E-state index contributed by atoms with van der Waals surface area (Å²) in [6.07, 6.45) is -2.21. The van der Waals surface area contributed by atoms with Crippen LogP contribution in [0.3, 0.4) is 0 Å². The summed E-state index contributed by atoms with van der Waals surface area (Å²) < 4.78 is 69.1. The molecule has 0 fully saturated rings. The molecule has 170 valence electrons. The first-order chi connectivity index (χ1) is 15.6. The molecule has 3 aromatic carbocycles. The number of benzene rings is 3. The maximum Gasteiger partial charge on any atom is 0.200 e. The van der Waals surface area contributed by atoms with Gasteiger partial charge in [-0.25, -0.2) is 22.0 Å². The van der Waals surface area contributed by atoms with Crippen molar-refractivity contribution in [2.45, 2.75) is 23.8 Å². The van der Waals surface area contributed by atoms with Crippen molar-refractivity contribution in [1.29, 1.82) is 10.7 Å². The molecule has 33 heavy (non-hydrogen) atoms. The summed E-state index contributed by atoms with van der Waals surface area (Å²) in [5.74, 6) is -12.1. The zero-order valence-electron chi connectivity index (χ0n) is 17.0. The fourth-order valence-corrected chi connectivity index (χ4v) is 4.19. The first-order valence-corrected chi connectivity index (χ1v) is 10.2. The number of hydrogen-bond acceptors (Lipinski definition) is 5. The second-order valence-electron chi connectivity index (χ2n) is 7.01. The van der Waals surface area contributed by atoms with E-state index in [4.69, 9.17) is 11.1 Å². The minimum Gasteiger partial charge on any atom is -0.398 e. The van der Waals surface area contributed by atoms with Crippen molar-refractivity contribution in [3.05, 3.63) is 93.8 Å². The highest BCUT2D eigenvalue weighted by atomic mass is 32.2. The number of nitrogens with two attached hydrogens (primary N) is 1. The Hall–Kier alpha value is -3.42. The Balaban J connectivity index is 2.04. The van der Waals surface area contributed by atoms with Gasteiger partial charge in [-0.15, -0.1) is 0 Å². The summed E-state index contributed by atoms with van der Waals surface area (Å²) >= 11 is 0.940. The van der Waals surface area contributed by atoms with Crippen LogP contribution in [0.25, 0.3) is 0 Å². The average molecular weight is 477 g/mol. The summed E-state index contributed by atoms with van der Waals surface area (Å²) in [4.78, 5) is 0.540. The molecule has 4 nitrogen and oxygen atoms in total. The lowest BCUT2D eigenvalue weighted by atomic mass is 9.89. The van der Waals surface area contributed by atoms with Gasteiger partial charge in [0.25, 0.3) is 0 Å². The minimum absolute atomic E-state index is 0.110. The van der Waals surface area contributed by atoms with Gasteiger partial charge in [0.2, 0.25) is 5.82 Å². The maximum atomic E-state index is 14.2. The van der Waals surface area contributed by atoms with Gasteiger partial charge in [0, 0.05) is 10.6 Å². The molecule has 0 amide bonds. The Morgan fingerprint density at radius 1 is 0.939 bits per heavy atom. The van der Waals surface area contributed by atoms with E-state index in [0.717, 1.165) is 11.8 Å². The standard InChI is InChI=1S/C23H16F5N3OS/c1-10-11(13(9-29)23(31)33-15-8-3-2-7-14(15)30)5-4-6-12(10)22(32)16-17(24)19(26)21(28)20(27)18(16)25/h2-8,13,22,31-32H,30H2,1H3. The first kappa shape index (κ1) is 24.2. The Morgan fingerprint density at radius 3 is 2.06 bits per heavy atom. The largest absolute Gasteiger partial charge is 0.398 e. The monoisotopic (exact) mass is 477 g/mol. The molecule has 0 bridgehead atoms. The number of thioether (sulfide) groups is 1. The Labute approximate surface area is 190 Å². The van der Waals surface area contributed by atoms with Crippen LogP contribution in [-0.4, -0.2) is 10.2 Å². The van der Waals surface area contributed by atoms with Crippen LogP contribution in [-0.2, 0) is 0 Å². The van der Waals surface area contributed by atoms with Gasteiger partial charge >= 0.3 is 0 Å². The van der Waals surface area contributed by atoms with Crippen LogP contribution in [0.4, 0.5) is 27.6 Å². The number of aliphatic hydroxyl groups excluding tert-OH is 1. The number of halogens is 5. The number of nitrogens with zero attached hydrogens (tertiary/aromatic N) is 1. The van der Waals surface area contributed by atoms with Crippen molar-refractivity contribution in [3.8, 4) is 6.07 Å². The molecule has 2 atom stereocenters. The molecule has 0 aliphatic rings. The van der Waals surface area contributed by atoms with Crippen molar-refractivity contribution in [2.24, 2.45) is 0 Å². The summed E-state index contributed by atoms with van der Waals surface area (Å²) in [5, 5.41) is 28.5. The van der Waals surface area contributed by atoms with Gasteiger partial charge in [-0.1, -0.05) is 42.1 Å². The van der Waals surface area contributed by atoms with Gasteiger partial charge < -0.3 is 10.8 Å². The summed E-state index contributed by atoms with van der Waals surface area (Å²) in [6, 6.07) is 12.7. The average Bonchev–Trinajstić information content (AvgIpc) is 2.79. The molecule has 4 N–H and O–H groups in total. The smallest absolute Gasteiger partial charge is 0.200 e. The van der Waals surface area contributed by atoms with Gasteiger partial charge in [0.05, 0.1) is 16.7 Å². The normalized spacial score (nSPS) is 12.8. The van der Waals surface area contributed by atoms with Crippen LogP contribution in [0.1, 0.15) is 34.3 Å². The van der Waals surface area contributed by atoms with Crippen molar-refractivity contribution in [3.63, 3.8) is 0 Å². The molecular weight excluding hydrogens is 461 g/mol. The van der Waals surface area contributed by atoms with E-state index in [1.165, 1.54) is 25.1 Å². The fraction of sp³-hybridized carbons (Fsp3) is 0.130. The number of rotatable bonds is 5. The second kappa shape index (κ2) is 9.60. The van der Waals surface area contributed by atoms with E-state index in [1.54, 1.807) is 24.3 Å². The van der Waals surface area contributed by atoms with Gasteiger partial charge in [-0.3, -0.25) is 5.41 Å².